The number of carboxylic acids is 1. The van der Waals surface area contributed by atoms with Crippen LogP contribution in [0.25, 0.3) is 0 Å². The SMILES string of the molecule is Cn1ccnc1[C@@H](CC(=O)NCCC(C)(C)C(=O)O)C(F)(F)F. The topological polar surface area (TPSA) is 84.2 Å². The number of aliphatic carboxylic acids is 1. The van der Waals surface area contributed by atoms with Crippen molar-refractivity contribution in [2.24, 2.45) is 12.5 Å². The minimum absolute atomic E-state index is 0.0106. The second kappa shape index (κ2) is 7.01. The summed E-state index contributed by atoms with van der Waals surface area (Å²) >= 11 is 0. The van der Waals surface area contributed by atoms with Crippen molar-refractivity contribution in [3.63, 3.8) is 0 Å². The number of rotatable bonds is 7. The molecule has 0 aromatic carbocycles. The fourth-order valence-electron chi connectivity index (χ4n) is 1.95. The van der Waals surface area contributed by atoms with E-state index in [9.17, 15) is 22.8 Å². The molecule has 0 bridgehead atoms. The highest BCUT2D eigenvalue weighted by molar-refractivity contribution is 5.77. The molecule has 0 spiro atoms. The summed E-state index contributed by atoms with van der Waals surface area (Å²) in [5.41, 5.74) is -1.06. The number of nitrogens with zero attached hydrogens (tertiary/aromatic N) is 2. The van der Waals surface area contributed by atoms with E-state index in [0.717, 1.165) is 0 Å². The highest BCUT2D eigenvalue weighted by atomic mass is 19.4. The van der Waals surface area contributed by atoms with Crippen molar-refractivity contribution in [2.75, 3.05) is 6.54 Å². The quantitative estimate of drug-likeness (QED) is 0.799. The van der Waals surface area contributed by atoms with Gasteiger partial charge < -0.3 is 15.0 Å². The summed E-state index contributed by atoms with van der Waals surface area (Å²) in [6.45, 7) is 2.95. The molecular formula is C14H20F3N3O3. The van der Waals surface area contributed by atoms with Crippen LogP contribution in [0.3, 0.4) is 0 Å². The van der Waals surface area contributed by atoms with Gasteiger partial charge in [0.1, 0.15) is 11.7 Å². The Kier molecular flexibility index (Phi) is 5.79. The molecule has 1 rings (SSSR count). The van der Waals surface area contributed by atoms with Gasteiger partial charge in [-0.3, -0.25) is 9.59 Å². The van der Waals surface area contributed by atoms with Crippen LogP contribution >= 0.6 is 0 Å². The Morgan fingerprint density at radius 3 is 2.43 bits per heavy atom. The first-order valence-electron chi connectivity index (χ1n) is 6.99. The summed E-state index contributed by atoms with van der Waals surface area (Å²) in [6.07, 6.45) is -2.66. The van der Waals surface area contributed by atoms with Crippen LogP contribution in [-0.2, 0) is 16.6 Å². The maximum atomic E-state index is 13.1. The van der Waals surface area contributed by atoms with Gasteiger partial charge in [0.25, 0.3) is 0 Å². The van der Waals surface area contributed by atoms with E-state index in [1.165, 1.54) is 37.9 Å². The molecule has 130 valence electrons. The number of aromatic nitrogens is 2. The van der Waals surface area contributed by atoms with E-state index in [-0.39, 0.29) is 18.8 Å². The number of aryl methyl sites for hydroxylation is 1. The van der Waals surface area contributed by atoms with Crippen LogP contribution in [0.15, 0.2) is 12.4 Å². The molecule has 1 aromatic heterocycles. The van der Waals surface area contributed by atoms with Crippen LogP contribution in [-0.4, -0.2) is 39.3 Å². The van der Waals surface area contributed by atoms with Crippen LogP contribution in [0, 0.1) is 5.41 Å². The smallest absolute Gasteiger partial charge is 0.399 e. The third kappa shape index (κ3) is 5.26. The number of hydrogen-bond acceptors (Lipinski definition) is 3. The highest BCUT2D eigenvalue weighted by Crippen LogP contribution is 2.36. The minimum Gasteiger partial charge on any atom is -0.481 e. The number of nitrogens with one attached hydrogen (secondary N) is 1. The van der Waals surface area contributed by atoms with Gasteiger partial charge >= 0.3 is 12.1 Å². The Bertz CT molecular complexity index is 567. The standard InChI is InChI=1S/C14H20F3N3O3/c1-13(2,12(22)23)4-5-18-10(21)8-9(14(15,16)17)11-19-6-7-20(11)3/h6-7,9H,4-5,8H2,1-3H3,(H,18,21)(H,22,23)/t9-/m1/s1. The van der Waals surface area contributed by atoms with Gasteiger partial charge in [-0.25, -0.2) is 4.98 Å². The van der Waals surface area contributed by atoms with Gasteiger partial charge in [-0.15, -0.1) is 0 Å². The van der Waals surface area contributed by atoms with Crippen molar-refractivity contribution >= 4 is 11.9 Å². The maximum absolute atomic E-state index is 13.1. The number of imidazole rings is 1. The number of carbonyl (C=O) groups is 2. The van der Waals surface area contributed by atoms with E-state index in [1.54, 1.807) is 0 Å². The summed E-state index contributed by atoms with van der Waals surface area (Å²) in [5.74, 6) is -4.07. The number of halogens is 3. The van der Waals surface area contributed by atoms with Crippen LogP contribution < -0.4 is 5.32 Å². The fourth-order valence-corrected chi connectivity index (χ4v) is 1.95. The second-order valence-corrected chi connectivity index (χ2v) is 5.98. The van der Waals surface area contributed by atoms with Crippen molar-refractivity contribution in [3.8, 4) is 0 Å². The van der Waals surface area contributed by atoms with Gasteiger partial charge in [0, 0.05) is 32.4 Å². The van der Waals surface area contributed by atoms with Crippen LogP contribution in [0.4, 0.5) is 13.2 Å². The molecule has 0 fully saturated rings. The van der Waals surface area contributed by atoms with E-state index in [0.29, 0.717) is 0 Å². The summed E-state index contributed by atoms with van der Waals surface area (Å²) in [4.78, 5) is 26.4. The fraction of sp³-hybridized carbons (Fsp3) is 0.643. The van der Waals surface area contributed by atoms with Crippen LogP contribution in [0.5, 0.6) is 0 Å². The normalized spacial score (nSPS) is 13.7. The van der Waals surface area contributed by atoms with E-state index in [2.05, 4.69) is 10.3 Å². The molecule has 1 atom stereocenters. The van der Waals surface area contributed by atoms with Gasteiger partial charge in [0.2, 0.25) is 5.91 Å². The Morgan fingerprint density at radius 2 is 2.00 bits per heavy atom. The first kappa shape index (κ1) is 19.0. The Morgan fingerprint density at radius 1 is 1.39 bits per heavy atom. The summed E-state index contributed by atoms with van der Waals surface area (Å²) in [6, 6.07) is 0. The molecular weight excluding hydrogens is 315 g/mol. The zero-order chi connectivity index (χ0) is 17.8. The number of alkyl halides is 3. The lowest BCUT2D eigenvalue weighted by molar-refractivity contribution is -0.159. The molecule has 1 aromatic rings. The number of hydrogen-bond donors (Lipinski definition) is 2. The third-order valence-corrected chi connectivity index (χ3v) is 3.61. The van der Waals surface area contributed by atoms with Gasteiger partial charge in [0.05, 0.1) is 5.41 Å². The summed E-state index contributed by atoms with van der Waals surface area (Å²) in [5, 5.41) is 11.3. The van der Waals surface area contributed by atoms with E-state index >= 15 is 0 Å². The van der Waals surface area contributed by atoms with Crippen molar-refractivity contribution < 1.29 is 27.9 Å². The zero-order valence-electron chi connectivity index (χ0n) is 13.1. The predicted molar refractivity (Wildman–Crippen MR) is 75.7 cm³/mol. The second-order valence-electron chi connectivity index (χ2n) is 5.98. The van der Waals surface area contributed by atoms with Crippen molar-refractivity contribution in [3.05, 3.63) is 18.2 Å². The predicted octanol–water partition coefficient (Wildman–Crippen LogP) is 2.07. The van der Waals surface area contributed by atoms with E-state index in [4.69, 9.17) is 5.11 Å². The lowest BCUT2D eigenvalue weighted by Gasteiger charge is -2.21. The largest absolute Gasteiger partial charge is 0.481 e. The van der Waals surface area contributed by atoms with Crippen molar-refractivity contribution in [2.45, 2.75) is 38.8 Å². The molecule has 2 N–H and O–H groups in total. The van der Waals surface area contributed by atoms with Gasteiger partial charge in [-0.1, -0.05) is 0 Å². The molecule has 1 heterocycles. The van der Waals surface area contributed by atoms with Crippen LogP contribution in [0.2, 0.25) is 0 Å². The first-order valence-corrected chi connectivity index (χ1v) is 6.99. The molecule has 0 aliphatic heterocycles. The van der Waals surface area contributed by atoms with Crippen molar-refractivity contribution in [1.29, 1.82) is 0 Å². The molecule has 0 saturated carbocycles. The molecule has 0 unspecified atom stereocenters. The molecule has 0 aliphatic carbocycles. The lowest BCUT2D eigenvalue weighted by Crippen LogP contribution is -2.35. The molecule has 0 radical (unpaired) electrons. The number of amides is 1. The van der Waals surface area contributed by atoms with Crippen molar-refractivity contribution in [1.82, 2.24) is 14.9 Å². The Hall–Kier alpha value is -2.06. The van der Waals surface area contributed by atoms with Gasteiger partial charge in [0.15, 0.2) is 0 Å². The average molecular weight is 335 g/mol. The minimum atomic E-state index is -4.60. The highest BCUT2D eigenvalue weighted by Gasteiger charge is 2.44. The van der Waals surface area contributed by atoms with E-state index < -0.39 is 35.8 Å². The monoisotopic (exact) mass is 335 g/mol. The molecule has 0 saturated heterocycles. The first-order chi connectivity index (χ1) is 10.4. The average Bonchev–Trinajstić information content (AvgIpc) is 2.80. The van der Waals surface area contributed by atoms with E-state index in [1.807, 2.05) is 0 Å². The molecule has 23 heavy (non-hydrogen) atoms. The third-order valence-electron chi connectivity index (χ3n) is 3.61. The molecule has 6 nitrogen and oxygen atoms in total. The number of carboxylic acid groups (broad SMARTS) is 1. The summed E-state index contributed by atoms with van der Waals surface area (Å²) < 4.78 is 40.6. The number of carbonyl (C=O) groups excluding carboxylic acids is 1. The molecule has 0 aliphatic rings. The summed E-state index contributed by atoms with van der Waals surface area (Å²) in [7, 11) is 1.42. The zero-order valence-corrected chi connectivity index (χ0v) is 13.1. The maximum Gasteiger partial charge on any atom is 0.399 e. The Labute approximate surface area is 131 Å². The van der Waals surface area contributed by atoms with Gasteiger partial charge in [-0.2, -0.15) is 13.2 Å². The Balaban J connectivity index is 2.66. The molecule has 9 heteroatoms. The van der Waals surface area contributed by atoms with Gasteiger partial charge in [-0.05, 0) is 20.3 Å². The lowest BCUT2D eigenvalue weighted by atomic mass is 9.89. The molecule has 1 amide bonds. The van der Waals surface area contributed by atoms with Crippen LogP contribution in [0.1, 0.15) is 38.4 Å².